The van der Waals surface area contributed by atoms with E-state index in [1.807, 2.05) is 11.3 Å². The van der Waals surface area contributed by atoms with Gasteiger partial charge in [-0.3, -0.25) is 0 Å². The van der Waals surface area contributed by atoms with Gasteiger partial charge in [0, 0.05) is 53.7 Å². The maximum Gasteiger partial charge on any atom is 0.0725 e. The van der Waals surface area contributed by atoms with Gasteiger partial charge in [0.25, 0.3) is 0 Å². The molecule has 16 rings (SSSR count). The molecule has 0 bridgehead atoms. The van der Waals surface area contributed by atoms with E-state index >= 15 is 0 Å². The summed E-state index contributed by atoms with van der Waals surface area (Å²) in [5.74, 6) is 0. The lowest BCUT2D eigenvalue weighted by Gasteiger charge is -2.31. The molecule has 0 radical (unpaired) electrons. The van der Waals surface area contributed by atoms with Crippen LogP contribution in [0.2, 0.25) is 0 Å². The second-order valence-corrected chi connectivity index (χ2v) is 21.1. The molecular formula is C71H44N2S. The number of hydrogen-bond donors (Lipinski definition) is 0. The molecule has 1 spiro atoms. The smallest absolute Gasteiger partial charge is 0.0725 e. The lowest BCUT2D eigenvalue weighted by molar-refractivity contribution is 0.794. The van der Waals surface area contributed by atoms with Gasteiger partial charge >= 0.3 is 0 Å². The van der Waals surface area contributed by atoms with Gasteiger partial charge in [-0.15, -0.1) is 11.3 Å². The highest BCUT2D eigenvalue weighted by Crippen LogP contribution is 2.63. The van der Waals surface area contributed by atoms with Crippen LogP contribution in [0, 0.1) is 0 Å². The third-order valence-electron chi connectivity index (χ3n) is 16.1. The average molecular weight is 957 g/mol. The maximum atomic E-state index is 2.50. The van der Waals surface area contributed by atoms with E-state index in [4.69, 9.17) is 0 Å². The van der Waals surface area contributed by atoms with Crippen molar-refractivity contribution in [2.24, 2.45) is 0 Å². The quantitative estimate of drug-likeness (QED) is 0.161. The summed E-state index contributed by atoms with van der Waals surface area (Å²) >= 11 is 1.86. The lowest BCUT2D eigenvalue weighted by Crippen LogP contribution is -2.25. The zero-order valence-corrected chi connectivity index (χ0v) is 41.0. The number of rotatable bonds is 6. The number of anilines is 3. The first-order chi connectivity index (χ1) is 36.7. The molecule has 0 amide bonds. The second kappa shape index (κ2) is 15.9. The van der Waals surface area contributed by atoms with Crippen molar-refractivity contribution in [1.82, 2.24) is 4.57 Å². The van der Waals surface area contributed by atoms with Gasteiger partial charge in [-0.2, -0.15) is 0 Å². The first-order valence-corrected chi connectivity index (χ1v) is 26.4. The standard InChI is InChI=1S/C71H44N2S/c1-2-18-51(19-3-1)73-67-28-14-9-23-58(67)59-35-31-48(43-68(59)73)50-38-49(47-32-37-70-62(42-47)60-24-10-15-29-69(60)74-70)40-54(41-50)72(52-33-30-45-16-4-5-17-46(45)39-52)53-34-36-66-61(44-53)57-22-8-13-27-65(57)71(66)63-25-11-6-20-55(63)56-21-7-12-26-64(56)71/h1-44H. The SMILES string of the molecule is c1ccc(-n2c3ccccc3c3ccc(-c4cc(-c5ccc6sc7ccccc7c6c5)cc(N(c5ccc6c(c5)-c5ccccc5C65c6ccccc6-c6ccccc65)c5ccc6ccccc6c5)c4)cc32)cc1. The number of aromatic nitrogens is 1. The van der Waals surface area contributed by atoms with E-state index in [-0.39, 0.29) is 0 Å². The average Bonchev–Trinajstić information content (AvgIpc) is 4.19. The Morgan fingerprint density at radius 3 is 1.62 bits per heavy atom. The van der Waals surface area contributed by atoms with Crippen molar-refractivity contribution in [3.63, 3.8) is 0 Å². The van der Waals surface area contributed by atoms with Gasteiger partial charge in [0.2, 0.25) is 0 Å². The Morgan fingerprint density at radius 1 is 0.297 bits per heavy atom. The molecule has 0 N–H and O–H groups in total. The Bertz CT molecular complexity index is 4590. The molecule has 0 saturated carbocycles. The molecule has 14 aromatic rings. The molecule has 0 aliphatic heterocycles. The Balaban J connectivity index is 0.960. The highest BCUT2D eigenvalue weighted by molar-refractivity contribution is 7.25. The molecular weight excluding hydrogens is 913 g/mol. The first-order valence-electron chi connectivity index (χ1n) is 25.6. The number of thiophene rings is 1. The molecule has 74 heavy (non-hydrogen) atoms. The summed E-state index contributed by atoms with van der Waals surface area (Å²) in [6.07, 6.45) is 0. The van der Waals surface area contributed by atoms with Crippen LogP contribution < -0.4 is 4.90 Å². The topological polar surface area (TPSA) is 8.17 Å². The predicted octanol–water partition coefficient (Wildman–Crippen LogP) is 19.5. The summed E-state index contributed by atoms with van der Waals surface area (Å²) in [5.41, 5.74) is 21.6. The molecule has 0 atom stereocenters. The lowest BCUT2D eigenvalue weighted by atomic mass is 9.70. The molecule has 12 aromatic carbocycles. The fourth-order valence-corrected chi connectivity index (χ4v) is 14.1. The van der Waals surface area contributed by atoms with Crippen molar-refractivity contribution in [2.75, 3.05) is 4.90 Å². The van der Waals surface area contributed by atoms with Crippen LogP contribution in [-0.2, 0) is 5.41 Å². The largest absolute Gasteiger partial charge is 0.310 e. The van der Waals surface area contributed by atoms with Crippen LogP contribution in [0.4, 0.5) is 17.1 Å². The third-order valence-corrected chi connectivity index (χ3v) is 17.3. The van der Waals surface area contributed by atoms with E-state index in [2.05, 4.69) is 276 Å². The number of nitrogens with zero attached hydrogens (tertiary/aromatic N) is 2. The van der Waals surface area contributed by atoms with Gasteiger partial charge in [-0.1, -0.05) is 182 Å². The van der Waals surface area contributed by atoms with Gasteiger partial charge in [-0.25, -0.2) is 0 Å². The molecule has 0 unspecified atom stereocenters. The molecule has 2 aromatic heterocycles. The van der Waals surface area contributed by atoms with Crippen LogP contribution >= 0.6 is 11.3 Å². The Labute approximate surface area is 432 Å². The van der Waals surface area contributed by atoms with Crippen molar-refractivity contribution >= 4 is 81.1 Å². The van der Waals surface area contributed by atoms with Crippen LogP contribution in [0.25, 0.3) is 103 Å². The van der Waals surface area contributed by atoms with E-state index in [0.29, 0.717) is 0 Å². The Hall–Kier alpha value is -9.28. The first kappa shape index (κ1) is 41.3. The van der Waals surface area contributed by atoms with Gasteiger partial charge < -0.3 is 9.47 Å². The third kappa shape index (κ3) is 5.93. The molecule has 3 heteroatoms. The number of hydrogen-bond acceptors (Lipinski definition) is 2. The van der Waals surface area contributed by atoms with Crippen LogP contribution in [0.3, 0.4) is 0 Å². The molecule has 344 valence electrons. The zero-order chi connectivity index (χ0) is 48.5. The van der Waals surface area contributed by atoms with Crippen LogP contribution in [0.15, 0.2) is 267 Å². The Morgan fingerprint density at radius 2 is 0.851 bits per heavy atom. The molecule has 0 saturated heterocycles. The zero-order valence-electron chi connectivity index (χ0n) is 40.2. The van der Waals surface area contributed by atoms with E-state index < -0.39 is 5.41 Å². The molecule has 2 aliphatic rings. The van der Waals surface area contributed by atoms with Crippen molar-refractivity contribution in [2.45, 2.75) is 5.41 Å². The Kier molecular flexibility index (Phi) is 8.86. The fraction of sp³-hybridized carbons (Fsp3) is 0.0141. The molecule has 2 aliphatic carbocycles. The highest BCUT2D eigenvalue weighted by atomic mass is 32.1. The molecule has 2 heterocycles. The number of para-hydroxylation sites is 2. The number of fused-ring (bicyclic) bond motifs is 17. The molecule has 2 nitrogen and oxygen atoms in total. The minimum atomic E-state index is -0.427. The minimum Gasteiger partial charge on any atom is -0.310 e. The van der Waals surface area contributed by atoms with E-state index in [9.17, 15) is 0 Å². The van der Waals surface area contributed by atoms with Crippen LogP contribution in [-0.4, -0.2) is 4.57 Å². The maximum absolute atomic E-state index is 2.50. The summed E-state index contributed by atoms with van der Waals surface area (Å²) in [6, 6.07) is 100.0. The fourth-order valence-electron chi connectivity index (χ4n) is 13.0. The number of benzene rings is 12. The normalized spacial score (nSPS) is 13.0. The van der Waals surface area contributed by atoms with Crippen molar-refractivity contribution in [3.05, 3.63) is 289 Å². The van der Waals surface area contributed by atoms with Gasteiger partial charge in [0.15, 0.2) is 0 Å². The van der Waals surface area contributed by atoms with E-state index in [1.54, 1.807) is 0 Å². The minimum absolute atomic E-state index is 0.427. The molecule has 0 fully saturated rings. The van der Waals surface area contributed by atoms with Crippen LogP contribution in [0.5, 0.6) is 0 Å². The summed E-state index contributed by atoms with van der Waals surface area (Å²) in [5, 5.41) is 7.48. The van der Waals surface area contributed by atoms with Gasteiger partial charge in [0.1, 0.15) is 0 Å². The van der Waals surface area contributed by atoms with Crippen molar-refractivity contribution in [3.8, 4) is 50.2 Å². The van der Waals surface area contributed by atoms with Crippen LogP contribution in [0.1, 0.15) is 22.3 Å². The monoisotopic (exact) mass is 956 g/mol. The summed E-state index contributed by atoms with van der Waals surface area (Å²) < 4.78 is 5.03. The van der Waals surface area contributed by atoms with Crippen molar-refractivity contribution < 1.29 is 0 Å². The van der Waals surface area contributed by atoms with E-state index in [1.165, 1.54) is 103 Å². The van der Waals surface area contributed by atoms with E-state index in [0.717, 1.165) is 39.4 Å². The van der Waals surface area contributed by atoms with Gasteiger partial charge in [0.05, 0.1) is 16.4 Å². The second-order valence-electron chi connectivity index (χ2n) is 20.0. The van der Waals surface area contributed by atoms with Gasteiger partial charge in [-0.05, 0) is 162 Å². The summed E-state index contributed by atoms with van der Waals surface area (Å²) in [7, 11) is 0. The predicted molar refractivity (Wildman–Crippen MR) is 313 cm³/mol. The summed E-state index contributed by atoms with van der Waals surface area (Å²) in [6.45, 7) is 0. The highest BCUT2D eigenvalue weighted by Gasteiger charge is 2.51. The van der Waals surface area contributed by atoms with Crippen molar-refractivity contribution in [1.29, 1.82) is 0 Å². The summed E-state index contributed by atoms with van der Waals surface area (Å²) in [4.78, 5) is 2.50.